The average molecular weight is 435 g/mol. The second-order valence-electron chi connectivity index (χ2n) is 6.17. The SMILES string of the molecule is CCOCCn1c(=NC(=O)CCSc2ccccc2)sc2ccc(Cl)c(C)c21. The van der Waals surface area contributed by atoms with Crippen LogP contribution in [0.4, 0.5) is 0 Å². The number of halogens is 1. The van der Waals surface area contributed by atoms with E-state index >= 15 is 0 Å². The Labute approximate surface area is 178 Å². The number of hydrogen-bond donors (Lipinski definition) is 0. The highest BCUT2D eigenvalue weighted by Gasteiger charge is 2.12. The van der Waals surface area contributed by atoms with Crippen molar-refractivity contribution in [3.63, 3.8) is 0 Å². The molecule has 148 valence electrons. The van der Waals surface area contributed by atoms with Gasteiger partial charge in [-0.05, 0) is 43.7 Å². The lowest BCUT2D eigenvalue weighted by Crippen LogP contribution is -2.20. The molecule has 7 heteroatoms. The fraction of sp³-hybridized carbons (Fsp3) is 0.333. The van der Waals surface area contributed by atoms with Crippen molar-refractivity contribution in [3.05, 3.63) is 57.9 Å². The fourth-order valence-electron chi connectivity index (χ4n) is 2.84. The van der Waals surface area contributed by atoms with Gasteiger partial charge in [-0.15, -0.1) is 11.8 Å². The molecule has 0 N–H and O–H groups in total. The van der Waals surface area contributed by atoms with Crippen LogP contribution in [0.25, 0.3) is 10.2 Å². The van der Waals surface area contributed by atoms with Crippen LogP contribution in [0.3, 0.4) is 0 Å². The van der Waals surface area contributed by atoms with E-state index < -0.39 is 0 Å². The topological polar surface area (TPSA) is 43.6 Å². The molecule has 0 aliphatic heterocycles. The van der Waals surface area contributed by atoms with Gasteiger partial charge in [-0.3, -0.25) is 4.79 Å². The maximum Gasteiger partial charge on any atom is 0.249 e. The Morgan fingerprint density at radius 3 is 2.79 bits per heavy atom. The number of hydrogen-bond acceptors (Lipinski definition) is 4. The molecule has 0 saturated carbocycles. The molecule has 28 heavy (non-hydrogen) atoms. The zero-order chi connectivity index (χ0) is 19.9. The number of carbonyl (C=O) groups excluding carboxylic acids is 1. The van der Waals surface area contributed by atoms with Gasteiger partial charge in [0, 0.05) is 35.2 Å². The molecule has 3 aromatic rings. The third-order valence-corrected chi connectivity index (χ3v) is 6.71. The highest BCUT2D eigenvalue weighted by molar-refractivity contribution is 7.99. The highest BCUT2D eigenvalue weighted by Crippen LogP contribution is 2.27. The Hall–Kier alpha value is -1.60. The molecule has 0 fully saturated rings. The van der Waals surface area contributed by atoms with Crippen molar-refractivity contribution in [1.82, 2.24) is 4.57 Å². The third kappa shape index (κ3) is 5.26. The summed E-state index contributed by atoms with van der Waals surface area (Å²) >= 11 is 9.51. The first-order chi connectivity index (χ1) is 13.6. The maximum atomic E-state index is 12.5. The van der Waals surface area contributed by atoms with Crippen molar-refractivity contribution in [1.29, 1.82) is 0 Å². The van der Waals surface area contributed by atoms with Crippen molar-refractivity contribution in [3.8, 4) is 0 Å². The Bertz CT molecular complexity index is 1010. The molecule has 0 aliphatic carbocycles. The molecule has 0 aliphatic rings. The Morgan fingerprint density at radius 2 is 2.04 bits per heavy atom. The van der Waals surface area contributed by atoms with Crippen LogP contribution in [0, 0.1) is 6.92 Å². The summed E-state index contributed by atoms with van der Waals surface area (Å²) in [6, 6.07) is 14.0. The van der Waals surface area contributed by atoms with Crippen LogP contribution < -0.4 is 4.80 Å². The molecule has 3 rings (SSSR count). The number of benzene rings is 2. The Morgan fingerprint density at radius 1 is 1.25 bits per heavy atom. The summed E-state index contributed by atoms with van der Waals surface area (Å²) in [7, 11) is 0. The molecule has 0 saturated heterocycles. The monoisotopic (exact) mass is 434 g/mol. The number of carbonyl (C=O) groups is 1. The zero-order valence-corrected chi connectivity index (χ0v) is 18.4. The predicted molar refractivity (Wildman–Crippen MR) is 118 cm³/mol. The minimum absolute atomic E-state index is 0.108. The number of thiazole rings is 1. The van der Waals surface area contributed by atoms with Crippen LogP contribution in [0.5, 0.6) is 0 Å². The maximum absolute atomic E-state index is 12.5. The Kier molecular flexibility index (Phi) is 7.73. The number of nitrogens with zero attached hydrogens (tertiary/aromatic N) is 2. The molecule has 2 aromatic carbocycles. The van der Waals surface area contributed by atoms with Crippen LogP contribution in [0.1, 0.15) is 18.9 Å². The Balaban J connectivity index is 1.82. The number of fused-ring (bicyclic) bond motifs is 1. The zero-order valence-electron chi connectivity index (χ0n) is 16.0. The number of ether oxygens (including phenoxy) is 1. The standard InChI is InChI=1S/C21H23ClN2O2S2/c1-3-26-13-12-24-20-15(2)17(22)9-10-18(20)28-21(24)23-19(25)11-14-27-16-7-5-4-6-8-16/h4-10H,3,11-14H2,1-2H3. The van der Waals surface area contributed by atoms with E-state index in [-0.39, 0.29) is 5.91 Å². The van der Waals surface area contributed by atoms with Gasteiger partial charge in [0.05, 0.1) is 16.8 Å². The number of thioether (sulfide) groups is 1. The normalized spacial score (nSPS) is 12.0. The molecule has 0 unspecified atom stereocenters. The van der Waals surface area contributed by atoms with Crippen molar-refractivity contribution in [2.45, 2.75) is 31.7 Å². The summed E-state index contributed by atoms with van der Waals surface area (Å²) in [4.78, 5) is 18.7. The molecule has 0 spiro atoms. The average Bonchev–Trinajstić information content (AvgIpc) is 3.04. The summed E-state index contributed by atoms with van der Waals surface area (Å²) in [5.74, 6) is 0.602. The molecule has 1 amide bonds. The van der Waals surface area contributed by atoms with E-state index in [0.29, 0.717) is 41.8 Å². The smallest absolute Gasteiger partial charge is 0.249 e. The first-order valence-electron chi connectivity index (χ1n) is 9.21. The minimum atomic E-state index is -0.108. The van der Waals surface area contributed by atoms with E-state index in [1.165, 1.54) is 11.3 Å². The molecule has 1 heterocycles. The van der Waals surface area contributed by atoms with Gasteiger partial charge < -0.3 is 9.30 Å². The molecular formula is C21H23ClN2O2S2. The van der Waals surface area contributed by atoms with Gasteiger partial charge in [-0.1, -0.05) is 41.1 Å². The third-order valence-electron chi connectivity index (χ3n) is 4.24. The lowest BCUT2D eigenvalue weighted by atomic mass is 10.2. The summed E-state index contributed by atoms with van der Waals surface area (Å²) in [5, 5.41) is 0.715. The molecule has 0 atom stereocenters. The van der Waals surface area contributed by atoms with Crippen LogP contribution in [0.15, 0.2) is 52.4 Å². The largest absolute Gasteiger partial charge is 0.380 e. The number of rotatable bonds is 8. The van der Waals surface area contributed by atoms with Crippen molar-refractivity contribution >= 4 is 50.8 Å². The number of amides is 1. The lowest BCUT2D eigenvalue weighted by molar-refractivity contribution is -0.117. The molecule has 1 aromatic heterocycles. The summed E-state index contributed by atoms with van der Waals surface area (Å²) in [6.45, 7) is 5.83. The van der Waals surface area contributed by atoms with Gasteiger partial charge in [-0.2, -0.15) is 4.99 Å². The van der Waals surface area contributed by atoms with E-state index in [0.717, 1.165) is 20.7 Å². The second kappa shape index (κ2) is 10.3. The lowest BCUT2D eigenvalue weighted by Gasteiger charge is -2.08. The van der Waals surface area contributed by atoms with Gasteiger partial charge in [0.15, 0.2) is 4.80 Å². The van der Waals surface area contributed by atoms with E-state index in [4.69, 9.17) is 16.3 Å². The van der Waals surface area contributed by atoms with Gasteiger partial charge in [0.2, 0.25) is 5.91 Å². The minimum Gasteiger partial charge on any atom is -0.380 e. The van der Waals surface area contributed by atoms with E-state index in [2.05, 4.69) is 9.56 Å². The number of aromatic nitrogens is 1. The van der Waals surface area contributed by atoms with Gasteiger partial charge >= 0.3 is 0 Å². The first-order valence-corrected chi connectivity index (χ1v) is 11.4. The van der Waals surface area contributed by atoms with E-state index in [9.17, 15) is 4.79 Å². The predicted octanol–water partition coefficient (Wildman–Crippen LogP) is 5.31. The van der Waals surface area contributed by atoms with Crippen LogP contribution in [-0.4, -0.2) is 29.4 Å². The van der Waals surface area contributed by atoms with Gasteiger partial charge in [0.25, 0.3) is 0 Å². The van der Waals surface area contributed by atoms with Crippen LogP contribution in [0.2, 0.25) is 5.02 Å². The van der Waals surface area contributed by atoms with E-state index in [1.807, 2.05) is 56.3 Å². The fourth-order valence-corrected chi connectivity index (χ4v) is 4.99. The molecular weight excluding hydrogens is 412 g/mol. The molecule has 0 radical (unpaired) electrons. The summed E-state index contributed by atoms with van der Waals surface area (Å²) in [6.07, 6.45) is 0.402. The molecule has 4 nitrogen and oxygen atoms in total. The van der Waals surface area contributed by atoms with Gasteiger partial charge in [-0.25, -0.2) is 0 Å². The van der Waals surface area contributed by atoms with Crippen molar-refractivity contribution < 1.29 is 9.53 Å². The molecule has 0 bridgehead atoms. The first kappa shape index (κ1) is 21.1. The quantitative estimate of drug-likeness (QED) is 0.356. The van der Waals surface area contributed by atoms with Gasteiger partial charge in [0.1, 0.15) is 0 Å². The van der Waals surface area contributed by atoms with E-state index in [1.54, 1.807) is 11.8 Å². The second-order valence-corrected chi connectivity index (χ2v) is 8.75. The van der Waals surface area contributed by atoms with Crippen LogP contribution >= 0.6 is 34.7 Å². The summed E-state index contributed by atoms with van der Waals surface area (Å²) in [5.41, 5.74) is 2.03. The summed E-state index contributed by atoms with van der Waals surface area (Å²) < 4.78 is 8.65. The number of aryl methyl sites for hydroxylation is 1. The van der Waals surface area contributed by atoms with Crippen LogP contribution in [-0.2, 0) is 16.1 Å². The van der Waals surface area contributed by atoms with Crippen molar-refractivity contribution in [2.75, 3.05) is 19.0 Å². The van der Waals surface area contributed by atoms with Crippen molar-refractivity contribution in [2.24, 2.45) is 4.99 Å². The highest BCUT2D eigenvalue weighted by atomic mass is 35.5.